The highest BCUT2D eigenvalue weighted by molar-refractivity contribution is 5.05. The molecular weight excluding hydrogens is 192 g/mol. The van der Waals surface area contributed by atoms with Crippen LogP contribution in [0.4, 0.5) is 0 Å². The molecule has 1 N–H and O–H groups in total. The van der Waals surface area contributed by atoms with Crippen LogP contribution in [0.2, 0.25) is 0 Å². The predicted molar refractivity (Wildman–Crippen MR) is 59.0 cm³/mol. The Morgan fingerprint density at radius 3 is 2.47 bits per heavy atom. The number of nitrogens with zero attached hydrogens (tertiary/aromatic N) is 3. The van der Waals surface area contributed by atoms with Gasteiger partial charge in [0, 0.05) is 5.54 Å². The van der Waals surface area contributed by atoms with Crippen LogP contribution in [0.5, 0.6) is 6.01 Å². The first-order chi connectivity index (χ1) is 7.00. The minimum Gasteiger partial charge on any atom is -0.464 e. The summed E-state index contributed by atoms with van der Waals surface area (Å²) in [6.45, 7) is 9.57. The Morgan fingerprint density at radius 2 is 2.00 bits per heavy atom. The van der Waals surface area contributed by atoms with Gasteiger partial charge < -0.3 is 10.1 Å². The minimum absolute atomic E-state index is 0.0693. The quantitative estimate of drug-likeness (QED) is 0.813. The second-order valence-corrected chi connectivity index (χ2v) is 4.37. The zero-order valence-corrected chi connectivity index (χ0v) is 10.2. The summed E-state index contributed by atoms with van der Waals surface area (Å²) >= 11 is 0. The molecule has 1 rings (SSSR count). The van der Waals surface area contributed by atoms with Crippen molar-refractivity contribution in [1.29, 1.82) is 0 Å². The van der Waals surface area contributed by atoms with Crippen LogP contribution in [-0.2, 0) is 12.1 Å². The second kappa shape index (κ2) is 4.61. The number of hydrogen-bond acceptors (Lipinski definition) is 4. The van der Waals surface area contributed by atoms with E-state index in [1.807, 2.05) is 18.5 Å². The molecule has 0 saturated heterocycles. The van der Waals surface area contributed by atoms with Gasteiger partial charge in [0.05, 0.1) is 13.2 Å². The van der Waals surface area contributed by atoms with Crippen LogP contribution in [0.3, 0.4) is 0 Å². The van der Waals surface area contributed by atoms with Crippen LogP contribution >= 0.6 is 0 Å². The molecule has 86 valence electrons. The molecule has 0 spiro atoms. The van der Waals surface area contributed by atoms with Crippen LogP contribution in [0.15, 0.2) is 0 Å². The van der Waals surface area contributed by atoms with E-state index in [1.54, 1.807) is 0 Å². The summed E-state index contributed by atoms with van der Waals surface area (Å²) in [6.07, 6.45) is 0. The van der Waals surface area contributed by atoms with E-state index in [4.69, 9.17) is 4.74 Å². The molecule has 0 atom stereocenters. The lowest BCUT2D eigenvalue weighted by molar-refractivity contribution is 0.256. The molecule has 0 saturated carbocycles. The third-order valence-electron chi connectivity index (χ3n) is 1.98. The van der Waals surface area contributed by atoms with Gasteiger partial charge >= 0.3 is 6.01 Å². The summed E-state index contributed by atoms with van der Waals surface area (Å²) in [5.41, 5.74) is -0.0693. The van der Waals surface area contributed by atoms with Crippen LogP contribution in [-0.4, -0.2) is 28.4 Å². The first-order valence-corrected chi connectivity index (χ1v) is 5.23. The Hall–Kier alpha value is -1.10. The van der Waals surface area contributed by atoms with E-state index in [0.29, 0.717) is 19.2 Å². The summed E-state index contributed by atoms with van der Waals surface area (Å²) in [5.74, 6) is 0.897. The van der Waals surface area contributed by atoms with Gasteiger partial charge in [0.25, 0.3) is 0 Å². The average molecular weight is 212 g/mol. The summed E-state index contributed by atoms with van der Waals surface area (Å²) in [5, 5.41) is 11.2. The van der Waals surface area contributed by atoms with E-state index in [2.05, 4.69) is 36.3 Å². The third kappa shape index (κ3) is 2.68. The molecule has 1 aromatic heterocycles. The Balaban J connectivity index is 3.08. The third-order valence-corrected chi connectivity index (χ3v) is 1.98. The maximum atomic E-state index is 5.45. The molecule has 0 radical (unpaired) electrons. The highest BCUT2D eigenvalue weighted by Gasteiger charge is 2.23. The standard InChI is InChI=1S/C10H20N4O/c1-6-15-9-13-12-8(7-11-5)14(9)10(2,3)4/h11H,6-7H2,1-5H3. The van der Waals surface area contributed by atoms with Gasteiger partial charge in [-0.15, -0.1) is 5.10 Å². The van der Waals surface area contributed by atoms with E-state index >= 15 is 0 Å². The number of ether oxygens (including phenoxy) is 1. The van der Waals surface area contributed by atoms with E-state index in [9.17, 15) is 0 Å². The fourth-order valence-corrected chi connectivity index (χ4v) is 1.47. The van der Waals surface area contributed by atoms with Crippen molar-refractivity contribution in [2.24, 2.45) is 0 Å². The maximum Gasteiger partial charge on any atom is 0.317 e. The SMILES string of the molecule is CCOc1nnc(CNC)n1C(C)(C)C. The van der Waals surface area contributed by atoms with Gasteiger partial charge in [-0.05, 0) is 34.7 Å². The van der Waals surface area contributed by atoms with Crippen LogP contribution in [0.1, 0.15) is 33.5 Å². The van der Waals surface area contributed by atoms with Gasteiger partial charge in [-0.1, -0.05) is 5.10 Å². The van der Waals surface area contributed by atoms with Crippen molar-refractivity contribution in [3.05, 3.63) is 5.82 Å². The van der Waals surface area contributed by atoms with Crippen molar-refractivity contribution in [2.45, 2.75) is 39.8 Å². The van der Waals surface area contributed by atoms with Gasteiger partial charge in [0.15, 0.2) is 0 Å². The summed E-state index contributed by atoms with van der Waals surface area (Å²) in [6, 6.07) is 0.593. The first kappa shape index (κ1) is 12.0. The average Bonchev–Trinajstić information content (AvgIpc) is 2.48. The van der Waals surface area contributed by atoms with E-state index in [-0.39, 0.29) is 5.54 Å². The summed E-state index contributed by atoms with van der Waals surface area (Å²) in [4.78, 5) is 0. The predicted octanol–water partition coefficient (Wildman–Crippen LogP) is 1.15. The Bertz CT molecular complexity index is 290. The fourth-order valence-electron chi connectivity index (χ4n) is 1.47. The normalized spacial score (nSPS) is 11.8. The molecule has 0 aromatic carbocycles. The molecule has 0 unspecified atom stereocenters. The molecule has 1 heterocycles. The van der Waals surface area contributed by atoms with Crippen molar-refractivity contribution in [1.82, 2.24) is 20.1 Å². The monoisotopic (exact) mass is 212 g/mol. The van der Waals surface area contributed by atoms with Crippen molar-refractivity contribution in [3.8, 4) is 6.01 Å². The lowest BCUT2D eigenvalue weighted by Gasteiger charge is -2.24. The zero-order valence-electron chi connectivity index (χ0n) is 10.2. The van der Waals surface area contributed by atoms with E-state index < -0.39 is 0 Å². The van der Waals surface area contributed by atoms with Gasteiger partial charge in [0.1, 0.15) is 5.82 Å². The molecule has 5 nitrogen and oxygen atoms in total. The van der Waals surface area contributed by atoms with Gasteiger partial charge in [0.2, 0.25) is 0 Å². The molecule has 0 bridgehead atoms. The topological polar surface area (TPSA) is 52.0 Å². The van der Waals surface area contributed by atoms with Crippen LogP contribution < -0.4 is 10.1 Å². The molecule has 1 aromatic rings. The van der Waals surface area contributed by atoms with E-state index in [0.717, 1.165) is 5.82 Å². The van der Waals surface area contributed by atoms with Gasteiger partial charge in [-0.3, -0.25) is 4.57 Å². The molecule has 0 aliphatic carbocycles. The number of hydrogen-bond donors (Lipinski definition) is 1. The largest absolute Gasteiger partial charge is 0.464 e. The Labute approximate surface area is 90.8 Å². The van der Waals surface area contributed by atoms with Gasteiger partial charge in [-0.25, -0.2) is 0 Å². The summed E-state index contributed by atoms with van der Waals surface area (Å²) in [7, 11) is 1.89. The number of aromatic nitrogens is 3. The Morgan fingerprint density at radius 1 is 1.33 bits per heavy atom. The van der Waals surface area contributed by atoms with Gasteiger partial charge in [-0.2, -0.15) is 0 Å². The highest BCUT2D eigenvalue weighted by Crippen LogP contribution is 2.22. The second-order valence-electron chi connectivity index (χ2n) is 4.37. The molecule has 0 aliphatic heterocycles. The summed E-state index contributed by atoms with van der Waals surface area (Å²) < 4.78 is 7.47. The smallest absolute Gasteiger partial charge is 0.317 e. The molecule has 0 aliphatic rings. The highest BCUT2D eigenvalue weighted by atomic mass is 16.5. The zero-order chi connectivity index (χ0) is 11.5. The molecule has 0 fully saturated rings. The van der Waals surface area contributed by atoms with Crippen molar-refractivity contribution in [2.75, 3.05) is 13.7 Å². The van der Waals surface area contributed by atoms with E-state index in [1.165, 1.54) is 0 Å². The van der Waals surface area contributed by atoms with Crippen molar-refractivity contribution < 1.29 is 4.74 Å². The number of rotatable bonds is 4. The molecule has 5 heteroatoms. The lowest BCUT2D eigenvalue weighted by Crippen LogP contribution is -2.27. The molecular formula is C10H20N4O. The fraction of sp³-hybridized carbons (Fsp3) is 0.800. The van der Waals surface area contributed by atoms with Crippen molar-refractivity contribution in [3.63, 3.8) is 0 Å². The molecule has 15 heavy (non-hydrogen) atoms. The maximum absolute atomic E-state index is 5.45. The van der Waals surface area contributed by atoms with Crippen LogP contribution in [0, 0.1) is 0 Å². The van der Waals surface area contributed by atoms with Crippen molar-refractivity contribution >= 4 is 0 Å². The lowest BCUT2D eigenvalue weighted by atomic mass is 10.1. The Kier molecular flexibility index (Phi) is 3.68. The van der Waals surface area contributed by atoms with Crippen LogP contribution in [0.25, 0.3) is 0 Å². The first-order valence-electron chi connectivity index (χ1n) is 5.23. The number of nitrogens with one attached hydrogen (secondary N) is 1. The minimum atomic E-state index is -0.0693. The molecule has 0 amide bonds.